The lowest BCUT2D eigenvalue weighted by Gasteiger charge is -2.40. The van der Waals surface area contributed by atoms with Crippen LogP contribution in [0.4, 0.5) is 0 Å². The first-order chi connectivity index (χ1) is 15.3. The Morgan fingerprint density at radius 2 is 2.10 bits per heavy atom. The van der Waals surface area contributed by atoms with Gasteiger partial charge in [-0.1, -0.05) is 62.2 Å². The molecule has 31 heavy (non-hydrogen) atoms. The Labute approximate surface area is 186 Å². The zero-order chi connectivity index (χ0) is 21.5. The molecule has 168 valence electrons. The number of aliphatic hydroxyl groups excluding tert-OH is 1. The van der Waals surface area contributed by atoms with Crippen LogP contribution in [-0.4, -0.2) is 54.9 Å². The maximum atomic E-state index is 11.0. The van der Waals surface area contributed by atoms with Crippen molar-refractivity contribution in [3.8, 4) is 0 Å². The van der Waals surface area contributed by atoms with E-state index < -0.39 is 0 Å². The van der Waals surface area contributed by atoms with E-state index in [1.165, 1.54) is 16.7 Å². The van der Waals surface area contributed by atoms with Gasteiger partial charge in [-0.2, -0.15) is 4.89 Å². The van der Waals surface area contributed by atoms with Gasteiger partial charge in [0.1, 0.15) is 6.61 Å². The van der Waals surface area contributed by atoms with Crippen LogP contribution < -0.4 is 5.32 Å². The average molecular weight is 425 g/mol. The number of aliphatic hydroxyl groups is 1. The highest BCUT2D eigenvalue weighted by molar-refractivity contribution is 5.42. The van der Waals surface area contributed by atoms with E-state index in [1.807, 2.05) is 18.2 Å². The van der Waals surface area contributed by atoms with Gasteiger partial charge in [0.15, 0.2) is 5.76 Å². The molecule has 3 aliphatic rings. The predicted octanol–water partition coefficient (Wildman–Crippen LogP) is 4.09. The van der Waals surface area contributed by atoms with Crippen LogP contribution in [0.5, 0.6) is 0 Å². The third-order valence-corrected chi connectivity index (χ3v) is 6.78. The number of nitrogens with zero attached hydrogens (tertiary/aromatic N) is 1. The lowest BCUT2D eigenvalue weighted by molar-refractivity contribution is -0.260. The molecule has 2 aliphatic heterocycles. The maximum absolute atomic E-state index is 11.0. The summed E-state index contributed by atoms with van der Waals surface area (Å²) in [5.74, 6) is 1.02. The van der Waals surface area contributed by atoms with Gasteiger partial charge >= 0.3 is 0 Å². The lowest BCUT2D eigenvalue weighted by Crippen LogP contribution is -2.53. The third kappa shape index (κ3) is 5.47. The number of benzene rings is 1. The Balaban J connectivity index is 1.50. The number of fused-ring (bicyclic) bond motifs is 1. The normalized spacial score (nSPS) is 23.7. The molecule has 1 aromatic rings. The summed E-state index contributed by atoms with van der Waals surface area (Å²) < 4.78 is 0. The van der Waals surface area contributed by atoms with E-state index in [0.29, 0.717) is 12.6 Å². The van der Waals surface area contributed by atoms with E-state index in [4.69, 9.17) is 9.78 Å². The third-order valence-electron chi connectivity index (χ3n) is 6.78. The molecule has 3 atom stereocenters. The molecule has 1 saturated heterocycles. The fraction of sp³-hybridized carbons (Fsp3) is 0.538. The second-order valence-electron chi connectivity index (χ2n) is 8.78. The summed E-state index contributed by atoms with van der Waals surface area (Å²) in [6, 6.07) is 10.8. The highest BCUT2D eigenvalue weighted by atomic mass is 17.2. The van der Waals surface area contributed by atoms with Crippen LogP contribution in [0.3, 0.4) is 0 Å². The highest BCUT2D eigenvalue weighted by Gasteiger charge is 2.32. The van der Waals surface area contributed by atoms with Crippen LogP contribution in [0.1, 0.15) is 50.5 Å². The van der Waals surface area contributed by atoms with E-state index in [2.05, 4.69) is 47.5 Å². The Bertz CT molecular complexity index is 802. The first-order valence-electron chi connectivity index (χ1n) is 11.8. The van der Waals surface area contributed by atoms with Crippen LogP contribution in [0.2, 0.25) is 0 Å². The van der Waals surface area contributed by atoms with Gasteiger partial charge in [0.25, 0.3) is 0 Å². The van der Waals surface area contributed by atoms with Crippen LogP contribution in [-0.2, 0) is 9.78 Å². The minimum absolute atomic E-state index is 0.167. The zero-order valence-corrected chi connectivity index (χ0v) is 18.6. The molecule has 1 aliphatic carbocycles. The van der Waals surface area contributed by atoms with Crippen molar-refractivity contribution in [1.29, 1.82) is 0 Å². The molecule has 1 fully saturated rings. The standard InChI is InChI=1S/C26H36N2O3/c1-2-3-12-25(29)21(20-9-5-4-6-10-20)14-16-28-17-15-27-18-24(28)23-19-30-31-26-13-8-7-11-22(23)26/h4-10,13,21,24-25,27,29H,2-3,11-12,14-19H2,1H3. The molecule has 0 radical (unpaired) electrons. The molecule has 0 aromatic heterocycles. The molecular weight excluding hydrogens is 388 g/mol. The van der Waals surface area contributed by atoms with Gasteiger partial charge < -0.3 is 15.3 Å². The summed E-state index contributed by atoms with van der Waals surface area (Å²) in [5, 5.41) is 14.6. The topological polar surface area (TPSA) is 54.0 Å². The maximum Gasteiger partial charge on any atom is 0.169 e. The summed E-state index contributed by atoms with van der Waals surface area (Å²) in [4.78, 5) is 13.5. The van der Waals surface area contributed by atoms with Gasteiger partial charge in [-0.15, -0.1) is 0 Å². The van der Waals surface area contributed by atoms with E-state index in [1.54, 1.807) is 0 Å². The van der Waals surface area contributed by atoms with E-state index in [0.717, 1.165) is 64.0 Å². The van der Waals surface area contributed by atoms with Crippen molar-refractivity contribution in [1.82, 2.24) is 10.2 Å². The first kappa shape index (κ1) is 22.3. The van der Waals surface area contributed by atoms with Crippen molar-refractivity contribution >= 4 is 0 Å². The molecule has 0 bridgehead atoms. The monoisotopic (exact) mass is 424 g/mol. The number of rotatable bonds is 9. The molecule has 2 heterocycles. The lowest BCUT2D eigenvalue weighted by atomic mass is 9.87. The van der Waals surface area contributed by atoms with Gasteiger partial charge in [-0.05, 0) is 43.0 Å². The van der Waals surface area contributed by atoms with Crippen molar-refractivity contribution in [2.24, 2.45) is 0 Å². The fourth-order valence-corrected chi connectivity index (χ4v) is 5.01. The molecule has 0 spiro atoms. The Morgan fingerprint density at radius 1 is 1.23 bits per heavy atom. The van der Waals surface area contributed by atoms with E-state index >= 15 is 0 Å². The molecule has 2 N–H and O–H groups in total. The summed E-state index contributed by atoms with van der Waals surface area (Å²) in [5.41, 5.74) is 3.85. The van der Waals surface area contributed by atoms with Gasteiger partial charge in [0.05, 0.1) is 6.10 Å². The van der Waals surface area contributed by atoms with Crippen LogP contribution in [0, 0.1) is 0 Å². The molecule has 1 aromatic carbocycles. The molecule has 0 saturated carbocycles. The van der Waals surface area contributed by atoms with Crippen molar-refractivity contribution in [2.75, 3.05) is 32.8 Å². The Morgan fingerprint density at radius 3 is 2.94 bits per heavy atom. The van der Waals surface area contributed by atoms with Crippen molar-refractivity contribution in [3.63, 3.8) is 0 Å². The largest absolute Gasteiger partial charge is 0.392 e. The number of unbranched alkanes of at least 4 members (excludes halogenated alkanes) is 1. The molecule has 3 unspecified atom stereocenters. The van der Waals surface area contributed by atoms with Gasteiger partial charge in [-0.3, -0.25) is 4.90 Å². The number of nitrogens with one attached hydrogen (secondary N) is 1. The number of hydrogen-bond acceptors (Lipinski definition) is 5. The number of allylic oxidation sites excluding steroid dienone is 4. The van der Waals surface area contributed by atoms with Crippen LogP contribution in [0.25, 0.3) is 0 Å². The van der Waals surface area contributed by atoms with Gasteiger partial charge in [-0.25, -0.2) is 0 Å². The fourth-order valence-electron chi connectivity index (χ4n) is 5.01. The van der Waals surface area contributed by atoms with E-state index in [9.17, 15) is 5.11 Å². The number of hydrogen-bond donors (Lipinski definition) is 2. The van der Waals surface area contributed by atoms with Crippen molar-refractivity contribution in [3.05, 3.63) is 71.0 Å². The minimum Gasteiger partial charge on any atom is -0.392 e. The summed E-state index contributed by atoms with van der Waals surface area (Å²) in [6.07, 6.45) is 10.8. The van der Waals surface area contributed by atoms with Crippen LogP contribution >= 0.6 is 0 Å². The highest BCUT2D eigenvalue weighted by Crippen LogP contribution is 2.33. The average Bonchev–Trinajstić information content (AvgIpc) is 2.83. The summed E-state index contributed by atoms with van der Waals surface area (Å²) in [6.45, 7) is 6.58. The molecule has 0 amide bonds. The molecule has 5 heteroatoms. The van der Waals surface area contributed by atoms with E-state index in [-0.39, 0.29) is 12.0 Å². The minimum atomic E-state index is -0.296. The first-order valence-corrected chi connectivity index (χ1v) is 11.8. The second-order valence-corrected chi connectivity index (χ2v) is 8.78. The molecule has 5 nitrogen and oxygen atoms in total. The molecule has 4 rings (SSSR count). The summed E-state index contributed by atoms with van der Waals surface area (Å²) in [7, 11) is 0. The smallest absolute Gasteiger partial charge is 0.169 e. The second kappa shape index (κ2) is 11.1. The molecular formula is C26H36N2O3. The van der Waals surface area contributed by atoms with Crippen molar-refractivity contribution < 1.29 is 14.9 Å². The quantitative estimate of drug-likeness (QED) is 0.585. The zero-order valence-electron chi connectivity index (χ0n) is 18.6. The predicted molar refractivity (Wildman–Crippen MR) is 123 cm³/mol. The number of piperazine rings is 1. The summed E-state index contributed by atoms with van der Waals surface area (Å²) >= 11 is 0. The Kier molecular flexibility index (Phi) is 7.97. The van der Waals surface area contributed by atoms with Crippen molar-refractivity contribution in [2.45, 2.75) is 57.1 Å². The van der Waals surface area contributed by atoms with Gasteiger partial charge in [0, 0.05) is 37.2 Å². The van der Waals surface area contributed by atoms with Crippen LogP contribution in [0.15, 0.2) is 65.5 Å². The Hall–Kier alpha value is -1.92. The van der Waals surface area contributed by atoms with Gasteiger partial charge in [0.2, 0.25) is 0 Å². The SMILES string of the molecule is CCCCC(O)C(CCN1CCNCC1C1=C2CC=CC=C2OOC1)c1ccccc1.